The smallest absolute Gasteiger partial charge is 0.230 e. The van der Waals surface area contributed by atoms with E-state index in [-0.39, 0.29) is 11.5 Å². The third-order valence-corrected chi connectivity index (χ3v) is 15.4. The second-order valence-electron chi connectivity index (χ2n) is 13.6. The molecule has 1 atom stereocenters. The summed E-state index contributed by atoms with van der Waals surface area (Å²) in [5.74, 6) is 0.837. The van der Waals surface area contributed by atoms with Gasteiger partial charge >= 0.3 is 0 Å². The Morgan fingerprint density at radius 1 is 0.941 bits per heavy atom. The van der Waals surface area contributed by atoms with Gasteiger partial charge in [0, 0.05) is 56.5 Å². The first kappa shape index (κ1) is 40.6. The fourth-order valence-electron chi connectivity index (χ4n) is 6.68. The number of rotatable bonds is 21. The second kappa shape index (κ2) is 20.2. The average molecular weight is 752 g/mol. The Bertz CT molecular complexity index is 1650. The lowest BCUT2D eigenvalue weighted by Gasteiger charge is -2.41. The van der Waals surface area contributed by atoms with Crippen LogP contribution in [0.4, 0.5) is 5.69 Å². The van der Waals surface area contributed by atoms with Crippen LogP contribution >= 0.6 is 23.4 Å². The molecule has 0 bridgehead atoms. The molecule has 2 aliphatic rings. The number of thioether (sulfide) groups is 1. The highest BCUT2D eigenvalue weighted by molar-refractivity contribution is 7.99. The molecule has 1 aliphatic heterocycles. The van der Waals surface area contributed by atoms with Crippen molar-refractivity contribution in [2.24, 2.45) is 0 Å². The first-order valence-corrected chi connectivity index (χ1v) is 22.4. The predicted octanol–water partition coefficient (Wildman–Crippen LogP) is 5.04. The van der Waals surface area contributed by atoms with Crippen LogP contribution < -0.4 is 20.5 Å². The number of alkyl halides is 1. The number of fused-ring (bicyclic) bond motifs is 2. The summed E-state index contributed by atoms with van der Waals surface area (Å²) in [6.45, 7) is 5.22. The zero-order valence-electron chi connectivity index (χ0n) is 30.9. The van der Waals surface area contributed by atoms with Gasteiger partial charge in [-0.25, -0.2) is 4.58 Å². The van der Waals surface area contributed by atoms with E-state index in [1.807, 2.05) is 40.3 Å². The third kappa shape index (κ3) is 10.9. The number of hydrogen-bond donors (Lipinski definition) is 1. The Balaban J connectivity index is 1.41. The molecule has 8 nitrogen and oxygen atoms in total. The van der Waals surface area contributed by atoms with Crippen molar-refractivity contribution in [2.75, 3.05) is 83.4 Å². The molecule has 0 radical (unpaired) electrons. The Kier molecular flexibility index (Phi) is 16.1. The van der Waals surface area contributed by atoms with Crippen molar-refractivity contribution in [3.8, 4) is 0 Å². The molecule has 0 saturated heterocycles. The van der Waals surface area contributed by atoms with Gasteiger partial charge in [0.2, 0.25) is 5.91 Å². The quantitative estimate of drug-likeness (QED) is 0.0828. The number of aromatic carboxylic acids is 1. The van der Waals surface area contributed by atoms with Gasteiger partial charge in [0.1, 0.15) is 22.2 Å². The minimum Gasteiger partial charge on any atom is -0.545 e. The second-order valence-corrected chi connectivity index (χ2v) is 19.3. The standard InChI is InChI=1S/C40H54ClN3O5SSi/c1-43(2)30-15-17-34-36(27-30)51(5,26-12-25-50-29-38(45)42-20-22-49-24-23-48-21-11-7-6-10-19-41)37-28-31(44(3)4)16-18-35(37)39(34)32-13-8-9-14-33(32)40(46)47/h8-9,13-18,27-28H,6-7,10-12,19-26,29H2,1-5H3,(H-,42,45,46,47). The fraction of sp³-hybridized carbons (Fsp3) is 0.475. The van der Waals surface area contributed by atoms with E-state index in [2.05, 4.69) is 57.8 Å². The molecule has 2 aromatic rings. The summed E-state index contributed by atoms with van der Waals surface area (Å²) in [7, 11) is 5.84. The molecule has 0 saturated carbocycles. The topological polar surface area (TPSA) is 93.9 Å². The molecule has 2 aromatic carbocycles. The van der Waals surface area contributed by atoms with Crippen LogP contribution in [-0.2, 0) is 14.3 Å². The van der Waals surface area contributed by atoms with Crippen LogP contribution in [0.5, 0.6) is 0 Å². The van der Waals surface area contributed by atoms with Gasteiger partial charge in [0.15, 0.2) is 5.71 Å². The molecule has 1 N–H and O–H groups in total. The average Bonchev–Trinajstić information content (AvgIpc) is 3.12. The molecule has 1 aliphatic carbocycles. The minimum absolute atomic E-state index is 0.0192. The Morgan fingerprint density at radius 2 is 1.69 bits per heavy atom. The number of nitrogens with zero attached hydrogens (tertiary/aromatic N) is 2. The molecule has 0 aromatic heterocycles. The van der Waals surface area contributed by atoms with Crippen LogP contribution in [0, 0.1) is 0 Å². The Morgan fingerprint density at radius 3 is 2.41 bits per heavy atom. The molecule has 0 fully saturated rings. The molecular weight excluding hydrogens is 698 g/mol. The number of allylic oxidation sites excluding steroid dienone is 5. The van der Waals surface area contributed by atoms with Crippen LogP contribution in [0.25, 0.3) is 5.57 Å². The number of unbranched alkanes of at least 4 members (excludes halogenated alkanes) is 3. The van der Waals surface area contributed by atoms with Gasteiger partial charge in [0.05, 0.1) is 31.5 Å². The highest BCUT2D eigenvalue weighted by Crippen LogP contribution is 2.44. The lowest BCUT2D eigenvalue weighted by atomic mass is 9.87. The third-order valence-electron chi connectivity index (χ3n) is 9.49. The van der Waals surface area contributed by atoms with E-state index >= 15 is 0 Å². The summed E-state index contributed by atoms with van der Waals surface area (Å²) in [5.41, 5.74) is 6.22. The first-order chi connectivity index (χ1) is 24.6. The number of carboxylic acids is 1. The highest BCUT2D eigenvalue weighted by atomic mass is 35.5. The number of benzene rings is 2. The van der Waals surface area contributed by atoms with Crippen molar-refractivity contribution in [3.05, 3.63) is 88.2 Å². The van der Waals surface area contributed by atoms with Gasteiger partial charge in [-0.05, 0) is 81.9 Å². The van der Waals surface area contributed by atoms with Crippen molar-refractivity contribution in [3.63, 3.8) is 0 Å². The maximum Gasteiger partial charge on any atom is 0.230 e. The van der Waals surface area contributed by atoms with E-state index in [0.29, 0.717) is 37.7 Å². The van der Waals surface area contributed by atoms with E-state index in [9.17, 15) is 14.7 Å². The number of carbonyl (C=O) groups is 2. The van der Waals surface area contributed by atoms with Gasteiger partial charge < -0.3 is 29.6 Å². The van der Waals surface area contributed by atoms with Crippen LogP contribution in [0.1, 0.15) is 53.6 Å². The zero-order chi connectivity index (χ0) is 36.8. The summed E-state index contributed by atoms with van der Waals surface area (Å²) < 4.78 is 13.3. The summed E-state index contributed by atoms with van der Waals surface area (Å²) >= 11 is 7.36. The summed E-state index contributed by atoms with van der Waals surface area (Å²) in [6.07, 6.45) is 11.9. The van der Waals surface area contributed by atoms with Crippen LogP contribution in [0.15, 0.2) is 71.5 Å². The molecule has 0 unspecified atom stereocenters. The van der Waals surface area contributed by atoms with Crippen molar-refractivity contribution in [2.45, 2.75) is 44.7 Å². The number of amides is 1. The van der Waals surface area contributed by atoms with Gasteiger partial charge in [-0.2, -0.15) is 11.8 Å². The minimum atomic E-state index is -2.36. The highest BCUT2D eigenvalue weighted by Gasteiger charge is 2.43. The van der Waals surface area contributed by atoms with E-state index in [4.69, 9.17) is 21.1 Å². The maximum absolute atomic E-state index is 12.6. The van der Waals surface area contributed by atoms with Crippen molar-refractivity contribution < 1.29 is 28.7 Å². The first-order valence-electron chi connectivity index (χ1n) is 18.0. The normalized spacial score (nSPS) is 16.4. The number of carboxylic acid groups (broad SMARTS) is 1. The SMILES string of the molecule is CN(C)c1ccc2c(c1)[Si@](C)(CCCSCC(=O)NCCOCCOCCCCCCCl)C1=CC(=[N+](C)C)C=CC1=C2c1ccccc1C(=O)[O-]. The van der Waals surface area contributed by atoms with Crippen molar-refractivity contribution in [1.29, 1.82) is 0 Å². The summed E-state index contributed by atoms with van der Waals surface area (Å²) in [5, 5.41) is 17.9. The van der Waals surface area contributed by atoms with Crippen molar-refractivity contribution >= 4 is 65.5 Å². The number of nitrogens with one attached hydrogen (secondary N) is 1. The molecule has 1 heterocycles. The van der Waals surface area contributed by atoms with Crippen LogP contribution in [0.3, 0.4) is 0 Å². The number of halogens is 1. The van der Waals surface area contributed by atoms with Gasteiger partial charge in [-0.15, -0.1) is 11.6 Å². The molecule has 11 heteroatoms. The Labute approximate surface area is 314 Å². The molecule has 4 rings (SSSR count). The number of carbonyl (C=O) groups excluding carboxylic acids is 2. The van der Waals surface area contributed by atoms with Crippen LogP contribution in [-0.4, -0.2) is 109 Å². The monoisotopic (exact) mass is 751 g/mol. The molecule has 0 spiro atoms. The lowest BCUT2D eigenvalue weighted by molar-refractivity contribution is -0.462. The zero-order valence-corrected chi connectivity index (χ0v) is 33.5. The van der Waals surface area contributed by atoms with Crippen molar-refractivity contribution in [1.82, 2.24) is 5.32 Å². The number of anilines is 1. The van der Waals surface area contributed by atoms with E-state index in [1.165, 1.54) is 10.4 Å². The summed E-state index contributed by atoms with van der Waals surface area (Å²) in [4.78, 5) is 27.0. The predicted molar refractivity (Wildman–Crippen MR) is 214 cm³/mol. The number of ether oxygens (including phenoxy) is 2. The number of hydrogen-bond acceptors (Lipinski definition) is 7. The lowest BCUT2D eigenvalue weighted by Crippen LogP contribution is -2.52. The molecular formula is C40H54ClN3O5SSi. The molecule has 51 heavy (non-hydrogen) atoms. The van der Waals surface area contributed by atoms with Gasteiger partial charge in [-0.1, -0.05) is 49.7 Å². The van der Waals surface area contributed by atoms with E-state index in [1.54, 1.807) is 23.9 Å². The largest absolute Gasteiger partial charge is 0.545 e. The fourth-order valence-corrected chi connectivity index (χ4v) is 12.2. The van der Waals surface area contributed by atoms with E-state index in [0.717, 1.165) is 84.5 Å². The van der Waals surface area contributed by atoms with E-state index < -0.39 is 14.0 Å². The summed E-state index contributed by atoms with van der Waals surface area (Å²) in [6, 6.07) is 14.8. The van der Waals surface area contributed by atoms with Gasteiger partial charge in [-0.3, -0.25) is 4.79 Å². The molecule has 1 amide bonds. The Hall–Kier alpha value is -3.15. The van der Waals surface area contributed by atoms with Crippen LogP contribution in [0.2, 0.25) is 12.6 Å². The maximum atomic E-state index is 12.6. The van der Waals surface area contributed by atoms with Gasteiger partial charge in [0.25, 0.3) is 0 Å². The molecule has 276 valence electrons.